The Morgan fingerprint density at radius 3 is 2.75 bits per heavy atom. The molecule has 1 heterocycles. The number of fused-ring (bicyclic) bond motifs is 1. The molecule has 0 spiro atoms. The smallest absolute Gasteiger partial charge is 0.0799 e. The summed E-state index contributed by atoms with van der Waals surface area (Å²) in [4.78, 5) is 0. The molecule has 0 atom stereocenters. The highest BCUT2D eigenvalue weighted by Gasteiger charge is 2.06. The Balaban J connectivity index is 2.87. The molecule has 1 aromatic carbocycles. The van der Waals surface area contributed by atoms with Crippen LogP contribution in [0.2, 0.25) is 0 Å². The lowest BCUT2D eigenvalue weighted by Crippen LogP contribution is -1.71. The van der Waals surface area contributed by atoms with Crippen molar-refractivity contribution in [2.75, 3.05) is 0 Å². The van der Waals surface area contributed by atoms with Gasteiger partial charge in [0, 0.05) is 13.7 Å². The van der Waals surface area contributed by atoms with Gasteiger partial charge in [0.05, 0.1) is 2.88 Å². The summed E-state index contributed by atoms with van der Waals surface area (Å²) in [5.74, 6) is 0. The SMILES string of the molecule is Cc1ccc2c(I)c(I)sc2c1. The lowest BCUT2D eigenvalue weighted by molar-refractivity contribution is 1.52. The molecule has 0 nitrogen and oxygen atoms in total. The van der Waals surface area contributed by atoms with E-state index in [9.17, 15) is 0 Å². The van der Waals surface area contributed by atoms with E-state index in [0.29, 0.717) is 0 Å². The average molecular weight is 400 g/mol. The van der Waals surface area contributed by atoms with Crippen molar-refractivity contribution < 1.29 is 0 Å². The van der Waals surface area contributed by atoms with Crippen LogP contribution >= 0.6 is 56.5 Å². The third-order valence-corrected chi connectivity index (χ3v) is 6.41. The third-order valence-electron chi connectivity index (χ3n) is 1.75. The quantitative estimate of drug-likeness (QED) is 0.575. The van der Waals surface area contributed by atoms with Crippen LogP contribution in [0.25, 0.3) is 10.1 Å². The van der Waals surface area contributed by atoms with E-state index in [2.05, 4.69) is 70.3 Å². The number of hydrogen-bond acceptors (Lipinski definition) is 1. The molecule has 0 radical (unpaired) electrons. The first-order valence-corrected chi connectivity index (χ1v) is 6.50. The van der Waals surface area contributed by atoms with Gasteiger partial charge in [0.15, 0.2) is 0 Å². The highest BCUT2D eigenvalue weighted by Crippen LogP contribution is 2.33. The molecule has 0 aliphatic heterocycles. The fraction of sp³-hybridized carbons (Fsp3) is 0.111. The summed E-state index contributed by atoms with van der Waals surface area (Å²) in [6.45, 7) is 2.14. The highest BCUT2D eigenvalue weighted by molar-refractivity contribution is 14.1. The Morgan fingerprint density at radius 1 is 1.25 bits per heavy atom. The third kappa shape index (κ3) is 1.50. The van der Waals surface area contributed by atoms with Gasteiger partial charge in [-0.1, -0.05) is 12.1 Å². The standard InChI is InChI=1S/C9H6I2S/c1-5-2-3-6-7(4-5)12-9(11)8(6)10/h2-4H,1H3. The number of benzene rings is 1. The predicted molar refractivity (Wildman–Crippen MR) is 72.0 cm³/mol. The molecule has 3 heteroatoms. The second-order valence-electron chi connectivity index (χ2n) is 2.69. The van der Waals surface area contributed by atoms with Crippen molar-refractivity contribution in [1.82, 2.24) is 0 Å². The second kappa shape index (κ2) is 3.42. The van der Waals surface area contributed by atoms with Crippen molar-refractivity contribution in [3.63, 3.8) is 0 Å². The van der Waals surface area contributed by atoms with Crippen LogP contribution in [-0.4, -0.2) is 0 Å². The Labute approximate surface area is 103 Å². The molecular formula is C9H6I2S. The molecule has 2 rings (SSSR count). The van der Waals surface area contributed by atoms with Crippen molar-refractivity contribution in [3.05, 3.63) is 30.2 Å². The summed E-state index contributed by atoms with van der Waals surface area (Å²) < 4.78 is 4.20. The maximum Gasteiger partial charge on any atom is 0.0799 e. The van der Waals surface area contributed by atoms with Crippen molar-refractivity contribution in [2.45, 2.75) is 6.92 Å². The van der Waals surface area contributed by atoms with Gasteiger partial charge in [-0.05, 0) is 63.7 Å². The molecule has 12 heavy (non-hydrogen) atoms. The van der Waals surface area contributed by atoms with E-state index < -0.39 is 0 Å². The van der Waals surface area contributed by atoms with Gasteiger partial charge in [0.2, 0.25) is 0 Å². The molecule has 0 N–H and O–H groups in total. The minimum Gasteiger partial charge on any atom is -0.128 e. The van der Waals surface area contributed by atoms with E-state index in [0.717, 1.165) is 0 Å². The van der Waals surface area contributed by atoms with Crippen LogP contribution < -0.4 is 0 Å². The molecule has 0 fully saturated rings. The van der Waals surface area contributed by atoms with Crippen LogP contribution in [-0.2, 0) is 0 Å². The maximum atomic E-state index is 2.41. The molecular weight excluding hydrogens is 394 g/mol. The first-order chi connectivity index (χ1) is 5.68. The van der Waals surface area contributed by atoms with Crippen LogP contribution in [0.5, 0.6) is 0 Å². The fourth-order valence-corrected chi connectivity index (χ4v) is 4.05. The first kappa shape index (κ1) is 9.21. The minimum atomic E-state index is 1.34. The van der Waals surface area contributed by atoms with Gasteiger partial charge in [0.1, 0.15) is 0 Å². The summed E-state index contributed by atoms with van der Waals surface area (Å²) in [5.41, 5.74) is 1.34. The minimum absolute atomic E-state index is 1.34. The Kier molecular flexibility index (Phi) is 2.62. The molecule has 0 unspecified atom stereocenters. The van der Waals surface area contributed by atoms with Crippen LogP contribution in [0, 0.1) is 13.4 Å². The first-order valence-electron chi connectivity index (χ1n) is 3.52. The molecule has 0 aliphatic rings. The van der Waals surface area contributed by atoms with Crippen LogP contribution in [0.4, 0.5) is 0 Å². The van der Waals surface area contributed by atoms with Crippen LogP contribution in [0.3, 0.4) is 0 Å². The Bertz CT molecular complexity index is 431. The van der Waals surface area contributed by atoms with Crippen molar-refractivity contribution in [1.29, 1.82) is 0 Å². The van der Waals surface area contributed by atoms with Crippen molar-refractivity contribution >= 4 is 66.6 Å². The van der Waals surface area contributed by atoms with Gasteiger partial charge >= 0.3 is 0 Å². The maximum absolute atomic E-state index is 2.41. The zero-order valence-corrected chi connectivity index (χ0v) is 11.5. The normalized spacial score (nSPS) is 10.9. The average Bonchev–Trinajstić information content (AvgIpc) is 2.28. The molecule has 62 valence electrons. The van der Waals surface area contributed by atoms with E-state index in [-0.39, 0.29) is 0 Å². The summed E-state index contributed by atoms with van der Waals surface area (Å²) in [7, 11) is 0. The molecule has 1 aromatic heterocycles. The van der Waals surface area contributed by atoms with Crippen molar-refractivity contribution in [3.8, 4) is 0 Å². The summed E-state index contributed by atoms with van der Waals surface area (Å²) in [6, 6.07) is 6.64. The summed E-state index contributed by atoms with van der Waals surface area (Å²) >= 11 is 6.68. The Morgan fingerprint density at radius 2 is 2.00 bits per heavy atom. The molecule has 0 amide bonds. The largest absolute Gasteiger partial charge is 0.128 e. The second-order valence-corrected chi connectivity index (χ2v) is 6.63. The van der Waals surface area contributed by atoms with Crippen molar-refractivity contribution in [2.24, 2.45) is 0 Å². The van der Waals surface area contributed by atoms with Gasteiger partial charge in [-0.25, -0.2) is 0 Å². The number of hydrogen-bond donors (Lipinski definition) is 0. The summed E-state index contributed by atoms with van der Waals surface area (Å²) in [5, 5.41) is 1.40. The molecule has 0 saturated carbocycles. The zero-order chi connectivity index (χ0) is 8.72. The zero-order valence-electron chi connectivity index (χ0n) is 6.40. The lowest BCUT2D eigenvalue weighted by Gasteiger charge is -1.91. The van der Waals surface area contributed by atoms with Gasteiger partial charge < -0.3 is 0 Å². The predicted octanol–water partition coefficient (Wildman–Crippen LogP) is 4.42. The summed E-state index contributed by atoms with van der Waals surface area (Å²) in [6.07, 6.45) is 0. The van der Waals surface area contributed by atoms with Crippen LogP contribution in [0.15, 0.2) is 18.2 Å². The van der Waals surface area contributed by atoms with Gasteiger partial charge in [-0.2, -0.15) is 0 Å². The molecule has 0 aliphatic carbocycles. The Hall–Kier alpha value is 0.640. The van der Waals surface area contributed by atoms with E-state index in [1.54, 1.807) is 0 Å². The van der Waals surface area contributed by atoms with E-state index in [4.69, 9.17) is 0 Å². The molecule has 2 aromatic rings. The van der Waals surface area contributed by atoms with Crippen LogP contribution in [0.1, 0.15) is 5.56 Å². The fourth-order valence-electron chi connectivity index (χ4n) is 1.14. The highest BCUT2D eigenvalue weighted by atomic mass is 127. The van der Waals surface area contributed by atoms with Gasteiger partial charge in [-0.15, -0.1) is 11.3 Å². The monoisotopic (exact) mass is 400 g/mol. The van der Waals surface area contributed by atoms with Gasteiger partial charge in [0.25, 0.3) is 0 Å². The van der Waals surface area contributed by atoms with E-state index >= 15 is 0 Å². The number of halogens is 2. The lowest BCUT2D eigenvalue weighted by atomic mass is 10.2. The molecule has 0 bridgehead atoms. The number of rotatable bonds is 0. The van der Waals surface area contributed by atoms with E-state index in [1.807, 2.05) is 11.3 Å². The van der Waals surface area contributed by atoms with Gasteiger partial charge in [-0.3, -0.25) is 0 Å². The van der Waals surface area contributed by atoms with E-state index in [1.165, 1.54) is 22.1 Å². The number of thiophene rings is 1. The number of aryl methyl sites for hydroxylation is 1. The molecule has 0 saturated heterocycles. The topological polar surface area (TPSA) is 0 Å².